The fourth-order valence-electron chi connectivity index (χ4n) is 8.67. The normalized spacial score (nSPS) is 46.5. The van der Waals surface area contributed by atoms with Gasteiger partial charge in [0.25, 0.3) is 0 Å². The van der Waals surface area contributed by atoms with E-state index in [-0.39, 0.29) is 6.10 Å². The molecule has 0 heterocycles. The summed E-state index contributed by atoms with van der Waals surface area (Å²) in [6, 6.07) is 0. The van der Waals surface area contributed by atoms with E-state index in [1.165, 1.54) is 57.8 Å². The Morgan fingerprint density at radius 1 is 1.00 bits per heavy atom. The molecule has 28 heavy (non-hydrogen) atoms. The van der Waals surface area contributed by atoms with Crippen LogP contribution in [0.1, 0.15) is 105 Å². The zero-order valence-electron chi connectivity index (χ0n) is 19.3. The lowest BCUT2D eigenvalue weighted by Gasteiger charge is -2.58. The van der Waals surface area contributed by atoms with Crippen molar-refractivity contribution in [2.75, 3.05) is 0 Å². The van der Waals surface area contributed by atoms with Crippen molar-refractivity contribution in [1.29, 1.82) is 0 Å². The van der Waals surface area contributed by atoms with Crippen molar-refractivity contribution >= 4 is 0 Å². The summed E-state index contributed by atoms with van der Waals surface area (Å²) in [7, 11) is 0. The van der Waals surface area contributed by atoms with Crippen LogP contribution >= 0.6 is 0 Å². The van der Waals surface area contributed by atoms with Crippen molar-refractivity contribution in [3.8, 4) is 0 Å². The average Bonchev–Trinajstić information content (AvgIpc) is 2.99. The molecule has 3 fully saturated rings. The van der Waals surface area contributed by atoms with Crippen molar-refractivity contribution in [2.45, 2.75) is 111 Å². The van der Waals surface area contributed by atoms with Gasteiger partial charge in [0.15, 0.2) is 0 Å². The number of hydrogen-bond acceptors (Lipinski definition) is 1. The number of aliphatic hydroxyl groups excluding tert-OH is 1. The summed E-state index contributed by atoms with van der Waals surface area (Å²) in [5.41, 5.74) is 2.60. The second-order valence-electron chi connectivity index (χ2n) is 12.2. The quantitative estimate of drug-likeness (QED) is 0.488. The Morgan fingerprint density at radius 3 is 2.54 bits per heavy atom. The number of rotatable bonds is 5. The van der Waals surface area contributed by atoms with Crippen molar-refractivity contribution in [2.24, 2.45) is 46.3 Å². The fourth-order valence-corrected chi connectivity index (χ4v) is 8.67. The molecule has 8 atom stereocenters. The Labute approximate surface area is 174 Å². The molecule has 0 spiro atoms. The average molecular weight is 387 g/mol. The van der Waals surface area contributed by atoms with E-state index in [9.17, 15) is 5.11 Å². The highest BCUT2D eigenvalue weighted by atomic mass is 16.3. The van der Waals surface area contributed by atoms with Crippen LogP contribution in [0.5, 0.6) is 0 Å². The lowest BCUT2D eigenvalue weighted by Crippen LogP contribution is -2.50. The maximum Gasteiger partial charge on any atom is 0.0577 e. The van der Waals surface area contributed by atoms with Crippen LogP contribution in [0, 0.1) is 46.3 Å². The first-order valence-corrected chi connectivity index (χ1v) is 12.6. The van der Waals surface area contributed by atoms with E-state index in [1.54, 1.807) is 5.57 Å². The fraction of sp³-hybridized carbons (Fsp3) is 0.926. The first-order valence-electron chi connectivity index (χ1n) is 12.6. The van der Waals surface area contributed by atoms with Crippen molar-refractivity contribution in [3.05, 3.63) is 11.6 Å². The van der Waals surface area contributed by atoms with Crippen molar-refractivity contribution in [1.82, 2.24) is 0 Å². The molecule has 0 bridgehead atoms. The van der Waals surface area contributed by atoms with Crippen molar-refractivity contribution in [3.63, 3.8) is 0 Å². The summed E-state index contributed by atoms with van der Waals surface area (Å²) in [6.45, 7) is 12.6. The van der Waals surface area contributed by atoms with Crippen LogP contribution in [0.3, 0.4) is 0 Å². The number of fused-ring (bicyclic) bond motifs is 5. The first-order chi connectivity index (χ1) is 13.3. The smallest absolute Gasteiger partial charge is 0.0577 e. The molecule has 4 aliphatic rings. The highest BCUT2D eigenvalue weighted by Gasteiger charge is 2.59. The molecule has 0 radical (unpaired) electrons. The SMILES string of the molecule is CC(C)CCCC(C)C1CCC2[C@H]3CC=C4C[C@@H](O)CC[C@@]4(C)C3CCC12C. The summed E-state index contributed by atoms with van der Waals surface area (Å²) in [4.78, 5) is 0. The van der Waals surface area contributed by atoms with Crippen LogP contribution in [0.25, 0.3) is 0 Å². The topological polar surface area (TPSA) is 20.2 Å². The molecule has 1 nitrogen and oxygen atoms in total. The Bertz CT molecular complexity index is 591. The largest absolute Gasteiger partial charge is 0.393 e. The van der Waals surface area contributed by atoms with Crippen LogP contribution < -0.4 is 0 Å². The van der Waals surface area contributed by atoms with Crippen LogP contribution in [0.2, 0.25) is 0 Å². The Morgan fingerprint density at radius 2 is 1.79 bits per heavy atom. The van der Waals surface area contributed by atoms with E-state index in [1.807, 2.05) is 0 Å². The number of aliphatic hydroxyl groups is 1. The van der Waals surface area contributed by atoms with Gasteiger partial charge in [0, 0.05) is 0 Å². The van der Waals surface area contributed by atoms with Crippen LogP contribution in [0.4, 0.5) is 0 Å². The van der Waals surface area contributed by atoms with Gasteiger partial charge >= 0.3 is 0 Å². The molecule has 4 rings (SSSR count). The van der Waals surface area contributed by atoms with Gasteiger partial charge in [0.1, 0.15) is 0 Å². The molecule has 0 saturated heterocycles. The zero-order chi connectivity index (χ0) is 20.1. The van der Waals surface area contributed by atoms with Gasteiger partial charge in [-0.15, -0.1) is 0 Å². The third-order valence-corrected chi connectivity index (χ3v) is 10.3. The van der Waals surface area contributed by atoms with E-state index < -0.39 is 0 Å². The predicted molar refractivity (Wildman–Crippen MR) is 119 cm³/mol. The Hall–Kier alpha value is -0.300. The van der Waals surface area contributed by atoms with Gasteiger partial charge in [-0.2, -0.15) is 0 Å². The van der Waals surface area contributed by atoms with Gasteiger partial charge in [-0.3, -0.25) is 0 Å². The summed E-state index contributed by atoms with van der Waals surface area (Å²) in [6.07, 6.45) is 17.2. The highest BCUT2D eigenvalue weighted by Crippen LogP contribution is 2.67. The predicted octanol–water partition coefficient (Wildman–Crippen LogP) is 7.39. The molecule has 0 aliphatic heterocycles. The van der Waals surface area contributed by atoms with Gasteiger partial charge in [-0.25, -0.2) is 0 Å². The van der Waals surface area contributed by atoms with Crippen LogP contribution in [-0.2, 0) is 0 Å². The lowest BCUT2D eigenvalue weighted by atomic mass is 9.47. The molecule has 4 aliphatic carbocycles. The molecule has 1 heteroatoms. The molecule has 1 N–H and O–H groups in total. The van der Waals surface area contributed by atoms with E-state index in [0.717, 1.165) is 48.3 Å². The van der Waals surface area contributed by atoms with Crippen LogP contribution in [0.15, 0.2) is 11.6 Å². The molecule has 0 aromatic carbocycles. The van der Waals surface area contributed by atoms with Gasteiger partial charge < -0.3 is 5.11 Å². The van der Waals surface area contributed by atoms with E-state index in [0.29, 0.717) is 10.8 Å². The standard InChI is InChI=1S/C27H46O/c1-18(2)7-6-8-19(3)23-11-12-24-22-10-9-20-17-21(28)13-15-26(20,4)25(22)14-16-27(23,24)5/h9,18-19,21-25,28H,6-8,10-17H2,1-5H3/t19?,21-,22+,23?,24?,25?,26+,27?/m0/s1. The Balaban J connectivity index is 1.49. The summed E-state index contributed by atoms with van der Waals surface area (Å²) in [5.74, 6) is 5.46. The second-order valence-corrected chi connectivity index (χ2v) is 12.2. The van der Waals surface area contributed by atoms with Gasteiger partial charge in [-0.1, -0.05) is 65.5 Å². The zero-order valence-corrected chi connectivity index (χ0v) is 19.3. The van der Waals surface area contributed by atoms with E-state index in [2.05, 4.69) is 40.7 Å². The maximum atomic E-state index is 10.2. The third kappa shape index (κ3) is 3.42. The van der Waals surface area contributed by atoms with Gasteiger partial charge in [0.2, 0.25) is 0 Å². The minimum absolute atomic E-state index is 0.0766. The molecule has 3 saturated carbocycles. The first kappa shape index (κ1) is 21.0. The molecule has 160 valence electrons. The number of hydrogen-bond donors (Lipinski definition) is 1. The monoisotopic (exact) mass is 386 g/mol. The van der Waals surface area contributed by atoms with E-state index >= 15 is 0 Å². The minimum Gasteiger partial charge on any atom is -0.393 e. The minimum atomic E-state index is -0.0766. The van der Waals surface area contributed by atoms with Gasteiger partial charge in [-0.05, 0) is 97.7 Å². The Kier molecular flexibility index (Phi) is 5.80. The third-order valence-electron chi connectivity index (χ3n) is 10.3. The maximum absolute atomic E-state index is 10.2. The van der Waals surface area contributed by atoms with Gasteiger partial charge in [0.05, 0.1) is 6.10 Å². The lowest BCUT2D eigenvalue weighted by molar-refractivity contribution is -0.0573. The molecule has 0 aromatic heterocycles. The summed E-state index contributed by atoms with van der Waals surface area (Å²) >= 11 is 0. The van der Waals surface area contributed by atoms with Crippen molar-refractivity contribution < 1.29 is 5.11 Å². The molecule has 0 aromatic rings. The number of allylic oxidation sites excluding steroid dienone is 1. The second kappa shape index (κ2) is 7.75. The highest BCUT2D eigenvalue weighted by molar-refractivity contribution is 5.25. The van der Waals surface area contributed by atoms with Crippen LogP contribution in [-0.4, -0.2) is 11.2 Å². The molecule has 0 amide bonds. The summed E-state index contributed by atoms with van der Waals surface area (Å²) in [5, 5.41) is 10.2. The molecular weight excluding hydrogens is 340 g/mol. The molecule has 5 unspecified atom stereocenters. The van der Waals surface area contributed by atoms with E-state index in [4.69, 9.17) is 0 Å². The summed E-state index contributed by atoms with van der Waals surface area (Å²) < 4.78 is 0. The molecular formula is C27H46O.